The average molecular weight is 192 g/mol. The summed E-state index contributed by atoms with van der Waals surface area (Å²) in [7, 11) is 1.74. The van der Waals surface area contributed by atoms with E-state index in [0.29, 0.717) is 0 Å². The lowest BCUT2D eigenvalue weighted by Crippen LogP contribution is -2.13. The Labute approximate surface area is 87.1 Å². The summed E-state index contributed by atoms with van der Waals surface area (Å²) in [5, 5.41) is 0. The SMILES string of the molecule is COc1cc(C)c(C)cc1C(C)(C)C. The molecule has 0 atom stereocenters. The summed E-state index contributed by atoms with van der Waals surface area (Å²) in [6, 6.07) is 4.35. The Morgan fingerprint density at radius 3 is 1.93 bits per heavy atom. The molecule has 0 aliphatic rings. The lowest BCUT2D eigenvalue weighted by atomic mass is 9.84. The van der Waals surface area contributed by atoms with Gasteiger partial charge in [0.15, 0.2) is 0 Å². The van der Waals surface area contributed by atoms with Crippen molar-refractivity contribution in [2.45, 2.75) is 40.0 Å². The number of aryl methyl sites for hydroxylation is 2. The molecule has 78 valence electrons. The van der Waals surface area contributed by atoms with Crippen molar-refractivity contribution in [2.75, 3.05) is 7.11 Å². The van der Waals surface area contributed by atoms with Gasteiger partial charge in [-0.15, -0.1) is 0 Å². The lowest BCUT2D eigenvalue weighted by Gasteiger charge is -2.23. The molecule has 0 radical (unpaired) electrons. The molecule has 0 unspecified atom stereocenters. The van der Waals surface area contributed by atoms with Gasteiger partial charge in [-0.25, -0.2) is 0 Å². The van der Waals surface area contributed by atoms with Crippen LogP contribution < -0.4 is 4.74 Å². The number of methoxy groups -OCH3 is 1. The molecule has 0 heterocycles. The molecular formula is C13H20O. The maximum absolute atomic E-state index is 5.41. The van der Waals surface area contributed by atoms with Crippen LogP contribution in [0.1, 0.15) is 37.5 Å². The van der Waals surface area contributed by atoms with Gasteiger partial charge in [0, 0.05) is 0 Å². The molecule has 1 rings (SSSR count). The molecule has 1 aromatic rings. The summed E-state index contributed by atoms with van der Waals surface area (Å²) < 4.78 is 5.41. The number of rotatable bonds is 1. The van der Waals surface area contributed by atoms with E-state index in [1.165, 1.54) is 16.7 Å². The highest BCUT2D eigenvalue weighted by atomic mass is 16.5. The van der Waals surface area contributed by atoms with Gasteiger partial charge in [0.1, 0.15) is 5.75 Å². The van der Waals surface area contributed by atoms with Crippen molar-refractivity contribution in [1.29, 1.82) is 0 Å². The van der Waals surface area contributed by atoms with Crippen molar-refractivity contribution in [3.63, 3.8) is 0 Å². The number of hydrogen-bond acceptors (Lipinski definition) is 1. The minimum absolute atomic E-state index is 0.143. The highest BCUT2D eigenvalue weighted by Crippen LogP contribution is 2.33. The number of benzene rings is 1. The first kappa shape index (κ1) is 11.1. The van der Waals surface area contributed by atoms with Gasteiger partial charge < -0.3 is 4.74 Å². The van der Waals surface area contributed by atoms with Gasteiger partial charge in [-0.3, -0.25) is 0 Å². The molecule has 1 heteroatoms. The Morgan fingerprint density at radius 1 is 1.00 bits per heavy atom. The minimum atomic E-state index is 0.143. The zero-order valence-corrected chi connectivity index (χ0v) is 10.1. The second-order valence-electron chi connectivity index (χ2n) is 4.89. The molecule has 0 aliphatic heterocycles. The van der Waals surface area contributed by atoms with Crippen LogP contribution in [-0.4, -0.2) is 7.11 Å². The van der Waals surface area contributed by atoms with Gasteiger partial charge in [0.2, 0.25) is 0 Å². The predicted octanol–water partition coefficient (Wildman–Crippen LogP) is 3.61. The second-order valence-corrected chi connectivity index (χ2v) is 4.89. The molecule has 0 fully saturated rings. The Morgan fingerprint density at radius 2 is 1.50 bits per heavy atom. The smallest absolute Gasteiger partial charge is 0.122 e. The number of hydrogen-bond donors (Lipinski definition) is 0. The fourth-order valence-electron chi connectivity index (χ4n) is 1.54. The van der Waals surface area contributed by atoms with Crippen LogP contribution in [0.3, 0.4) is 0 Å². The molecule has 0 saturated heterocycles. The molecule has 0 N–H and O–H groups in total. The van der Waals surface area contributed by atoms with Gasteiger partial charge in [-0.1, -0.05) is 26.8 Å². The second kappa shape index (κ2) is 3.64. The quantitative estimate of drug-likeness (QED) is 0.660. The zero-order valence-electron chi connectivity index (χ0n) is 10.1. The van der Waals surface area contributed by atoms with Crippen LogP contribution in [0.5, 0.6) is 5.75 Å². The third-order valence-corrected chi connectivity index (χ3v) is 2.62. The molecule has 0 aromatic heterocycles. The fourth-order valence-corrected chi connectivity index (χ4v) is 1.54. The maximum Gasteiger partial charge on any atom is 0.122 e. The van der Waals surface area contributed by atoms with Crippen LogP contribution in [0.25, 0.3) is 0 Å². The molecule has 0 bridgehead atoms. The van der Waals surface area contributed by atoms with E-state index in [0.717, 1.165) is 5.75 Å². The summed E-state index contributed by atoms with van der Waals surface area (Å²) in [6.07, 6.45) is 0. The zero-order chi connectivity index (χ0) is 10.9. The molecule has 0 saturated carbocycles. The summed E-state index contributed by atoms with van der Waals surface area (Å²) in [4.78, 5) is 0. The van der Waals surface area contributed by atoms with E-state index in [1.807, 2.05) is 0 Å². The van der Waals surface area contributed by atoms with E-state index in [4.69, 9.17) is 4.74 Å². The van der Waals surface area contributed by atoms with Crippen molar-refractivity contribution in [3.05, 3.63) is 28.8 Å². The van der Waals surface area contributed by atoms with Gasteiger partial charge in [0.05, 0.1) is 7.11 Å². The first-order valence-corrected chi connectivity index (χ1v) is 5.02. The van der Waals surface area contributed by atoms with Gasteiger partial charge in [-0.2, -0.15) is 0 Å². The average Bonchev–Trinajstić information content (AvgIpc) is 2.07. The minimum Gasteiger partial charge on any atom is -0.496 e. The van der Waals surface area contributed by atoms with Crippen LogP contribution in [-0.2, 0) is 5.41 Å². The lowest BCUT2D eigenvalue weighted by molar-refractivity contribution is 0.397. The summed E-state index contributed by atoms with van der Waals surface area (Å²) in [5.41, 5.74) is 4.04. The van der Waals surface area contributed by atoms with E-state index < -0.39 is 0 Å². The fraction of sp³-hybridized carbons (Fsp3) is 0.538. The predicted molar refractivity (Wildman–Crippen MR) is 61.2 cm³/mol. The monoisotopic (exact) mass is 192 g/mol. The third-order valence-electron chi connectivity index (χ3n) is 2.62. The summed E-state index contributed by atoms with van der Waals surface area (Å²) in [5.74, 6) is 1.00. The van der Waals surface area contributed by atoms with Crippen LogP contribution >= 0.6 is 0 Å². The third kappa shape index (κ3) is 2.09. The van der Waals surface area contributed by atoms with Gasteiger partial charge >= 0.3 is 0 Å². The van der Waals surface area contributed by atoms with Crippen LogP contribution in [0.2, 0.25) is 0 Å². The Hall–Kier alpha value is -0.980. The van der Waals surface area contributed by atoms with Gasteiger partial charge in [0.25, 0.3) is 0 Å². The summed E-state index contributed by atoms with van der Waals surface area (Å²) in [6.45, 7) is 10.9. The molecule has 0 aliphatic carbocycles. The van der Waals surface area contributed by atoms with Crippen molar-refractivity contribution in [3.8, 4) is 5.75 Å². The Bertz CT molecular complexity index is 332. The largest absolute Gasteiger partial charge is 0.496 e. The van der Waals surface area contributed by atoms with Crippen molar-refractivity contribution in [1.82, 2.24) is 0 Å². The van der Waals surface area contributed by atoms with Gasteiger partial charge in [-0.05, 0) is 42.0 Å². The van der Waals surface area contributed by atoms with Crippen LogP contribution in [0.4, 0.5) is 0 Å². The van der Waals surface area contributed by atoms with E-state index in [1.54, 1.807) is 7.11 Å². The Balaban J connectivity index is 3.35. The highest BCUT2D eigenvalue weighted by molar-refractivity contribution is 5.45. The first-order valence-electron chi connectivity index (χ1n) is 5.02. The van der Waals surface area contributed by atoms with Crippen molar-refractivity contribution in [2.24, 2.45) is 0 Å². The molecular weight excluding hydrogens is 172 g/mol. The standard InChI is InChI=1S/C13H20O/c1-9-7-11(13(3,4)5)12(14-6)8-10(9)2/h7-8H,1-6H3. The van der Waals surface area contributed by atoms with E-state index in [2.05, 4.69) is 46.8 Å². The number of ether oxygens (including phenoxy) is 1. The molecule has 1 aromatic carbocycles. The maximum atomic E-state index is 5.41. The van der Waals surface area contributed by atoms with E-state index in [-0.39, 0.29) is 5.41 Å². The van der Waals surface area contributed by atoms with Crippen LogP contribution in [0.15, 0.2) is 12.1 Å². The van der Waals surface area contributed by atoms with Crippen molar-refractivity contribution < 1.29 is 4.74 Å². The van der Waals surface area contributed by atoms with Crippen molar-refractivity contribution >= 4 is 0 Å². The molecule has 1 nitrogen and oxygen atoms in total. The Kier molecular flexibility index (Phi) is 2.89. The highest BCUT2D eigenvalue weighted by Gasteiger charge is 2.19. The van der Waals surface area contributed by atoms with E-state index >= 15 is 0 Å². The molecule has 0 spiro atoms. The van der Waals surface area contributed by atoms with Crippen LogP contribution in [0, 0.1) is 13.8 Å². The molecule has 0 amide bonds. The molecule has 14 heavy (non-hydrogen) atoms. The topological polar surface area (TPSA) is 9.23 Å². The summed E-state index contributed by atoms with van der Waals surface area (Å²) >= 11 is 0. The van der Waals surface area contributed by atoms with E-state index in [9.17, 15) is 0 Å². The normalized spacial score (nSPS) is 11.6. The first-order chi connectivity index (χ1) is 6.36.